The Morgan fingerprint density at radius 3 is 3.00 bits per heavy atom. The fraction of sp³-hybridized carbons (Fsp3) is 0.364. The fourth-order valence-electron chi connectivity index (χ4n) is 1.58. The van der Waals surface area contributed by atoms with Crippen LogP contribution in [0.25, 0.3) is 11.4 Å². The number of aliphatic carboxylic acids is 1. The van der Waals surface area contributed by atoms with Crippen LogP contribution in [0.3, 0.4) is 0 Å². The summed E-state index contributed by atoms with van der Waals surface area (Å²) in [5.41, 5.74) is 1.61. The summed E-state index contributed by atoms with van der Waals surface area (Å²) < 4.78 is 1.49. The van der Waals surface area contributed by atoms with Crippen molar-refractivity contribution < 1.29 is 9.90 Å². The molecule has 0 aliphatic rings. The van der Waals surface area contributed by atoms with Gasteiger partial charge >= 0.3 is 5.97 Å². The Hall–Kier alpha value is -2.31. The molecule has 2 aromatic heterocycles. The summed E-state index contributed by atoms with van der Waals surface area (Å²) >= 11 is 0. The van der Waals surface area contributed by atoms with E-state index >= 15 is 0 Å². The Kier molecular flexibility index (Phi) is 3.31. The molecular weight excluding hydrogens is 234 g/mol. The Balaban J connectivity index is 2.34. The minimum absolute atomic E-state index is 0.228. The van der Waals surface area contributed by atoms with Gasteiger partial charge in [-0.05, 0) is 29.5 Å². The first-order valence-electron chi connectivity index (χ1n) is 5.50. The Labute approximate surface area is 103 Å². The molecule has 0 aliphatic carbocycles. The summed E-state index contributed by atoms with van der Waals surface area (Å²) in [5.74, 6) is -0.891. The molecule has 1 N–H and O–H groups in total. The highest BCUT2D eigenvalue weighted by Gasteiger charge is 2.17. The molecule has 2 aromatic rings. The molecule has 18 heavy (non-hydrogen) atoms. The SMILES string of the molecule is Cc1ncccc1-c1nnnn1CC(C)C(=O)O. The van der Waals surface area contributed by atoms with E-state index in [0.29, 0.717) is 5.82 Å². The second-order valence-electron chi connectivity index (χ2n) is 4.06. The van der Waals surface area contributed by atoms with E-state index in [4.69, 9.17) is 5.11 Å². The number of tetrazole rings is 1. The van der Waals surface area contributed by atoms with Gasteiger partial charge in [0.25, 0.3) is 0 Å². The first-order valence-corrected chi connectivity index (χ1v) is 5.50. The lowest BCUT2D eigenvalue weighted by Crippen LogP contribution is -2.18. The minimum atomic E-state index is -0.876. The van der Waals surface area contributed by atoms with Gasteiger partial charge < -0.3 is 5.11 Å². The largest absolute Gasteiger partial charge is 0.481 e. The first kappa shape index (κ1) is 12.2. The molecule has 0 saturated heterocycles. The average molecular weight is 247 g/mol. The van der Waals surface area contributed by atoms with E-state index in [-0.39, 0.29) is 6.54 Å². The summed E-state index contributed by atoms with van der Waals surface area (Å²) in [7, 11) is 0. The van der Waals surface area contributed by atoms with E-state index in [1.807, 2.05) is 13.0 Å². The number of hydrogen-bond acceptors (Lipinski definition) is 5. The van der Waals surface area contributed by atoms with Crippen molar-refractivity contribution in [1.82, 2.24) is 25.2 Å². The van der Waals surface area contributed by atoms with Crippen LogP contribution in [0.2, 0.25) is 0 Å². The third-order valence-electron chi connectivity index (χ3n) is 2.65. The number of hydrogen-bond donors (Lipinski definition) is 1. The van der Waals surface area contributed by atoms with Crippen molar-refractivity contribution in [3.63, 3.8) is 0 Å². The van der Waals surface area contributed by atoms with Crippen LogP contribution >= 0.6 is 0 Å². The van der Waals surface area contributed by atoms with Gasteiger partial charge in [0, 0.05) is 17.5 Å². The first-order chi connectivity index (χ1) is 8.59. The van der Waals surface area contributed by atoms with E-state index in [1.54, 1.807) is 19.2 Å². The number of aromatic nitrogens is 5. The van der Waals surface area contributed by atoms with Crippen molar-refractivity contribution in [3.05, 3.63) is 24.0 Å². The molecule has 0 amide bonds. The zero-order valence-corrected chi connectivity index (χ0v) is 10.1. The van der Waals surface area contributed by atoms with Crippen LogP contribution in [0.4, 0.5) is 0 Å². The fourth-order valence-corrected chi connectivity index (χ4v) is 1.58. The summed E-state index contributed by atoms with van der Waals surface area (Å²) in [6, 6.07) is 3.65. The maximum Gasteiger partial charge on any atom is 0.308 e. The molecule has 0 bridgehead atoms. The van der Waals surface area contributed by atoms with Crippen molar-refractivity contribution in [2.75, 3.05) is 0 Å². The normalized spacial score (nSPS) is 12.3. The van der Waals surface area contributed by atoms with Crippen LogP contribution in [-0.4, -0.2) is 36.3 Å². The zero-order valence-electron chi connectivity index (χ0n) is 10.1. The molecule has 0 radical (unpaired) electrons. The van der Waals surface area contributed by atoms with Crippen molar-refractivity contribution in [2.24, 2.45) is 5.92 Å². The van der Waals surface area contributed by atoms with Gasteiger partial charge in [-0.15, -0.1) is 5.10 Å². The van der Waals surface area contributed by atoms with Gasteiger partial charge in [0.2, 0.25) is 0 Å². The molecule has 0 spiro atoms. The van der Waals surface area contributed by atoms with Crippen LogP contribution in [0.15, 0.2) is 18.3 Å². The smallest absolute Gasteiger partial charge is 0.308 e. The highest BCUT2D eigenvalue weighted by atomic mass is 16.4. The molecule has 1 unspecified atom stereocenters. The lowest BCUT2D eigenvalue weighted by Gasteiger charge is -2.08. The number of carboxylic acids is 1. The minimum Gasteiger partial charge on any atom is -0.481 e. The summed E-state index contributed by atoms with van der Waals surface area (Å²) in [4.78, 5) is 15.0. The number of nitrogens with zero attached hydrogens (tertiary/aromatic N) is 5. The van der Waals surface area contributed by atoms with Gasteiger partial charge in [0.05, 0.1) is 12.5 Å². The quantitative estimate of drug-likeness (QED) is 0.857. The average Bonchev–Trinajstić information content (AvgIpc) is 2.77. The maximum absolute atomic E-state index is 10.8. The predicted octanol–water partition coefficient (Wildman–Crippen LogP) is 0.764. The number of carbonyl (C=O) groups is 1. The van der Waals surface area contributed by atoms with Gasteiger partial charge in [-0.1, -0.05) is 6.92 Å². The van der Waals surface area contributed by atoms with Gasteiger partial charge in [-0.3, -0.25) is 9.78 Å². The van der Waals surface area contributed by atoms with Crippen LogP contribution in [0.5, 0.6) is 0 Å². The Morgan fingerprint density at radius 1 is 1.56 bits per heavy atom. The molecule has 0 saturated carbocycles. The highest BCUT2D eigenvalue weighted by molar-refractivity contribution is 5.69. The highest BCUT2D eigenvalue weighted by Crippen LogP contribution is 2.18. The zero-order chi connectivity index (χ0) is 13.1. The molecule has 0 aliphatic heterocycles. The van der Waals surface area contributed by atoms with Crippen LogP contribution in [0.1, 0.15) is 12.6 Å². The number of pyridine rings is 1. The van der Waals surface area contributed by atoms with Crippen molar-refractivity contribution in [1.29, 1.82) is 0 Å². The Morgan fingerprint density at radius 2 is 2.33 bits per heavy atom. The molecule has 2 heterocycles. The third-order valence-corrected chi connectivity index (χ3v) is 2.65. The molecule has 7 nitrogen and oxygen atoms in total. The molecule has 0 fully saturated rings. The standard InChI is InChI=1S/C11H13N5O2/c1-7(11(17)18)6-16-10(13-14-15-16)9-4-3-5-12-8(9)2/h3-5,7H,6H2,1-2H3,(H,17,18). The number of rotatable bonds is 4. The number of aryl methyl sites for hydroxylation is 1. The van der Waals surface area contributed by atoms with Crippen LogP contribution < -0.4 is 0 Å². The van der Waals surface area contributed by atoms with Gasteiger partial charge in [-0.25, -0.2) is 4.68 Å². The topological polar surface area (TPSA) is 93.8 Å². The van der Waals surface area contributed by atoms with Crippen LogP contribution in [0, 0.1) is 12.8 Å². The monoisotopic (exact) mass is 247 g/mol. The van der Waals surface area contributed by atoms with E-state index < -0.39 is 11.9 Å². The molecule has 94 valence electrons. The molecule has 2 rings (SSSR count). The van der Waals surface area contributed by atoms with Gasteiger partial charge in [-0.2, -0.15) is 0 Å². The van der Waals surface area contributed by atoms with E-state index in [2.05, 4.69) is 20.5 Å². The maximum atomic E-state index is 10.8. The lowest BCUT2D eigenvalue weighted by atomic mass is 10.1. The van der Waals surface area contributed by atoms with Gasteiger partial charge in [0.15, 0.2) is 5.82 Å². The molecule has 7 heteroatoms. The summed E-state index contributed by atoms with van der Waals surface area (Å²) in [6.45, 7) is 3.70. The van der Waals surface area contributed by atoms with Crippen molar-refractivity contribution >= 4 is 5.97 Å². The van der Waals surface area contributed by atoms with E-state index in [0.717, 1.165) is 11.3 Å². The third kappa shape index (κ3) is 2.34. The predicted molar refractivity (Wildman–Crippen MR) is 62.6 cm³/mol. The van der Waals surface area contributed by atoms with Crippen molar-refractivity contribution in [2.45, 2.75) is 20.4 Å². The van der Waals surface area contributed by atoms with E-state index in [9.17, 15) is 4.79 Å². The molecule has 0 aromatic carbocycles. The molecular formula is C11H13N5O2. The van der Waals surface area contributed by atoms with Crippen LogP contribution in [-0.2, 0) is 11.3 Å². The summed E-state index contributed by atoms with van der Waals surface area (Å²) in [5, 5.41) is 20.2. The van der Waals surface area contributed by atoms with Crippen molar-refractivity contribution in [3.8, 4) is 11.4 Å². The van der Waals surface area contributed by atoms with E-state index in [1.165, 1.54) is 4.68 Å². The lowest BCUT2D eigenvalue weighted by molar-refractivity contribution is -0.141. The second-order valence-corrected chi connectivity index (χ2v) is 4.06. The molecule has 1 atom stereocenters. The number of carboxylic acid groups (broad SMARTS) is 1. The Bertz CT molecular complexity index is 566. The summed E-state index contributed by atoms with van der Waals surface area (Å²) in [6.07, 6.45) is 1.69. The second kappa shape index (κ2) is 4.91. The van der Waals surface area contributed by atoms with Gasteiger partial charge in [0.1, 0.15) is 0 Å².